The van der Waals surface area contributed by atoms with Gasteiger partial charge in [0.05, 0.1) is 13.2 Å². The van der Waals surface area contributed by atoms with E-state index in [0.29, 0.717) is 24.6 Å². The minimum absolute atomic E-state index is 0.0173. The van der Waals surface area contributed by atoms with Crippen LogP contribution in [-0.2, 0) is 19.1 Å². The second-order valence-corrected chi connectivity index (χ2v) is 4.06. The molecule has 0 saturated carbocycles. The summed E-state index contributed by atoms with van der Waals surface area (Å²) in [5.74, 6) is -0.790. The van der Waals surface area contributed by atoms with Crippen LogP contribution in [0.1, 0.15) is 13.8 Å². The van der Waals surface area contributed by atoms with Crippen LogP contribution >= 0.6 is 0 Å². The van der Waals surface area contributed by atoms with Gasteiger partial charge in [-0.05, 0) is 38.1 Å². The molecule has 0 aliphatic heterocycles. The van der Waals surface area contributed by atoms with Gasteiger partial charge in [0, 0.05) is 11.4 Å². The summed E-state index contributed by atoms with van der Waals surface area (Å²) in [5, 5.41) is 0. The van der Waals surface area contributed by atoms with Crippen molar-refractivity contribution in [3.63, 3.8) is 0 Å². The zero-order chi connectivity index (χ0) is 15.0. The fraction of sp³-hybridized carbons (Fsp3) is 0.429. The number of benzene rings is 1. The number of anilines is 2. The zero-order valence-electron chi connectivity index (χ0n) is 11.8. The van der Waals surface area contributed by atoms with Gasteiger partial charge in [0.15, 0.2) is 0 Å². The first-order chi connectivity index (χ1) is 9.56. The van der Waals surface area contributed by atoms with E-state index in [2.05, 4.69) is 0 Å². The molecule has 0 spiro atoms. The average Bonchev–Trinajstić information content (AvgIpc) is 2.39. The van der Waals surface area contributed by atoms with Crippen LogP contribution in [0.3, 0.4) is 0 Å². The first-order valence-electron chi connectivity index (χ1n) is 6.48. The third-order valence-corrected chi connectivity index (χ3v) is 2.51. The number of esters is 2. The van der Waals surface area contributed by atoms with Gasteiger partial charge in [0.1, 0.15) is 13.1 Å². The van der Waals surface area contributed by atoms with Crippen LogP contribution in [0.15, 0.2) is 24.3 Å². The van der Waals surface area contributed by atoms with Gasteiger partial charge in [-0.3, -0.25) is 9.59 Å². The third-order valence-electron chi connectivity index (χ3n) is 2.51. The lowest BCUT2D eigenvalue weighted by Crippen LogP contribution is -2.36. The highest BCUT2D eigenvalue weighted by atomic mass is 16.5. The van der Waals surface area contributed by atoms with E-state index in [0.717, 1.165) is 0 Å². The molecule has 0 aliphatic rings. The number of ether oxygens (including phenoxy) is 2. The smallest absolute Gasteiger partial charge is 0.325 e. The summed E-state index contributed by atoms with van der Waals surface area (Å²) in [6.07, 6.45) is 0. The minimum atomic E-state index is -0.395. The first-order valence-corrected chi connectivity index (χ1v) is 6.48. The normalized spacial score (nSPS) is 9.90. The molecular formula is C14H20N2O4. The number of hydrogen-bond acceptors (Lipinski definition) is 6. The molecule has 0 bridgehead atoms. The quantitative estimate of drug-likeness (QED) is 0.597. The predicted molar refractivity (Wildman–Crippen MR) is 76.3 cm³/mol. The lowest BCUT2D eigenvalue weighted by Gasteiger charge is -2.22. The zero-order valence-corrected chi connectivity index (χ0v) is 11.8. The fourth-order valence-corrected chi connectivity index (χ4v) is 1.65. The molecule has 0 aromatic heterocycles. The highest BCUT2D eigenvalue weighted by molar-refractivity contribution is 5.81. The van der Waals surface area contributed by atoms with Gasteiger partial charge in [-0.25, -0.2) is 0 Å². The Morgan fingerprint density at radius 3 is 1.85 bits per heavy atom. The molecule has 0 heterocycles. The molecule has 6 nitrogen and oxygen atoms in total. The van der Waals surface area contributed by atoms with Gasteiger partial charge in [0.25, 0.3) is 0 Å². The second kappa shape index (κ2) is 8.04. The molecule has 1 aromatic rings. The van der Waals surface area contributed by atoms with Gasteiger partial charge in [-0.1, -0.05) is 0 Å². The number of carbonyl (C=O) groups is 2. The lowest BCUT2D eigenvalue weighted by atomic mass is 10.2. The number of nitrogens with zero attached hydrogens (tertiary/aromatic N) is 1. The Labute approximate surface area is 118 Å². The van der Waals surface area contributed by atoms with Crippen LogP contribution in [-0.4, -0.2) is 38.2 Å². The van der Waals surface area contributed by atoms with E-state index in [-0.39, 0.29) is 13.1 Å². The molecular weight excluding hydrogens is 260 g/mol. The summed E-state index contributed by atoms with van der Waals surface area (Å²) in [6, 6.07) is 6.90. The molecule has 1 rings (SSSR count). The molecule has 0 fully saturated rings. The van der Waals surface area contributed by atoms with Gasteiger partial charge >= 0.3 is 11.9 Å². The molecule has 0 unspecified atom stereocenters. The minimum Gasteiger partial charge on any atom is -0.465 e. The lowest BCUT2D eigenvalue weighted by molar-refractivity contribution is -0.142. The van der Waals surface area contributed by atoms with E-state index < -0.39 is 11.9 Å². The highest BCUT2D eigenvalue weighted by Gasteiger charge is 2.16. The highest BCUT2D eigenvalue weighted by Crippen LogP contribution is 2.16. The van der Waals surface area contributed by atoms with Gasteiger partial charge in [0.2, 0.25) is 0 Å². The summed E-state index contributed by atoms with van der Waals surface area (Å²) in [4.78, 5) is 24.8. The topological polar surface area (TPSA) is 81.9 Å². The van der Waals surface area contributed by atoms with Crippen LogP contribution in [0, 0.1) is 0 Å². The van der Waals surface area contributed by atoms with Gasteiger partial charge in [-0.2, -0.15) is 0 Å². The molecule has 20 heavy (non-hydrogen) atoms. The summed E-state index contributed by atoms with van der Waals surface area (Å²) >= 11 is 0. The van der Waals surface area contributed by atoms with E-state index in [1.165, 1.54) is 0 Å². The largest absolute Gasteiger partial charge is 0.465 e. The number of hydrogen-bond donors (Lipinski definition) is 1. The third kappa shape index (κ3) is 5.17. The molecule has 2 N–H and O–H groups in total. The summed E-state index contributed by atoms with van der Waals surface area (Å²) in [7, 11) is 0. The van der Waals surface area contributed by atoms with Crippen LogP contribution in [0.4, 0.5) is 11.4 Å². The van der Waals surface area contributed by atoms with Crippen molar-refractivity contribution in [2.75, 3.05) is 36.9 Å². The van der Waals surface area contributed by atoms with Crippen LogP contribution in [0.2, 0.25) is 0 Å². The van der Waals surface area contributed by atoms with Crippen LogP contribution in [0.5, 0.6) is 0 Å². The first kappa shape index (κ1) is 15.8. The fourth-order valence-electron chi connectivity index (χ4n) is 1.65. The molecule has 6 heteroatoms. The maximum Gasteiger partial charge on any atom is 0.325 e. The van der Waals surface area contributed by atoms with Crippen molar-refractivity contribution in [3.8, 4) is 0 Å². The number of carbonyl (C=O) groups excluding carboxylic acids is 2. The summed E-state index contributed by atoms with van der Waals surface area (Å²) < 4.78 is 9.80. The van der Waals surface area contributed by atoms with E-state index in [1.54, 1.807) is 43.0 Å². The molecule has 0 saturated heterocycles. The van der Waals surface area contributed by atoms with Crippen LogP contribution < -0.4 is 10.6 Å². The predicted octanol–water partition coefficient (Wildman–Crippen LogP) is 1.20. The average molecular weight is 280 g/mol. The van der Waals surface area contributed by atoms with Crippen molar-refractivity contribution >= 4 is 23.3 Å². The molecule has 1 aromatic carbocycles. The van der Waals surface area contributed by atoms with Crippen molar-refractivity contribution in [3.05, 3.63) is 24.3 Å². The Balaban J connectivity index is 2.80. The Bertz CT molecular complexity index is 425. The van der Waals surface area contributed by atoms with Crippen molar-refractivity contribution in [1.29, 1.82) is 0 Å². The van der Waals surface area contributed by atoms with Crippen molar-refractivity contribution in [2.45, 2.75) is 13.8 Å². The van der Waals surface area contributed by atoms with Crippen LogP contribution in [0.25, 0.3) is 0 Å². The molecule has 0 atom stereocenters. The maximum atomic E-state index is 11.6. The number of nitrogen functional groups attached to an aromatic ring is 1. The Hall–Kier alpha value is -2.24. The molecule has 0 aliphatic carbocycles. The molecule has 0 radical (unpaired) electrons. The number of nitrogens with two attached hydrogens (primary N) is 1. The monoisotopic (exact) mass is 280 g/mol. The van der Waals surface area contributed by atoms with Crippen molar-refractivity contribution in [2.24, 2.45) is 0 Å². The van der Waals surface area contributed by atoms with Gasteiger partial charge in [-0.15, -0.1) is 0 Å². The van der Waals surface area contributed by atoms with E-state index in [1.807, 2.05) is 0 Å². The van der Waals surface area contributed by atoms with E-state index >= 15 is 0 Å². The Morgan fingerprint density at radius 2 is 1.45 bits per heavy atom. The molecule has 0 amide bonds. The van der Waals surface area contributed by atoms with Gasteiger partial charge < -0.3 is 20.1 Å². The van der Waals surface area contributed by atoms with E-state index in [9.17, 15) is 9.59 Å². The van der Waals surface area contributed by atoms with E-state index in [4.69, 9.17) is 15.2 Å². The molecule has 110 valence electrons. The Morgan fingerprint density at radius 1 is 1.00 bits per heavy atom. The summed E-state index contributed by atoms with van der Waals surface area (Å²) in [5.41, 5.74) is 6.94. The second-order valence-electron chi connectivity index (χ2n) is 4.06. The van der Waals surface area contributed by atoms with Crippen molar-refractivity contribution < 1.29 is 19.1 Å². The SMILES string of the molecule is CCOC(=O)CN(CC(=O)OCC)c1ccc(N)cc1. The Kier molecular flexibility index (Phi) is 6.36. The van der Waals surface area contributed by atoms with Crippen molar-refractivity contribution in [1.82, 2.24) is 0 Å². The number of rotatable bonds is 7. The maximum absolute atomic E-state index is 11.6. The summed E-state index contributed by atoms with van der Waals surface area (Å²) in [6.45, 7) is 4.03. The standard InChI is InChI=1S/C14H20N2O4/c1-3-19-13(17)9-16(10-14(18)20-4-2)12-7-5-11(15)6-8-12/h5-8H,3-4,9-10,15H2,1-2H3.